The van der Waals surface area contributed by atoms with E-state index in [0.29, 0.717) is 11.4 Å². The van der Waals surface area contributed by atoms with Gasteiger partial charge in [-0.15, -0.1) is 0 Å². The summed E-state index contributed by atoms with van der Waals surface area (Å²) in [7, 11) is 3.46. The van der Waals surface area contributed by atoms with Crippen LogP contribution in [0.1, 0.15) is 31.2 Å². The van der Waals surface area contributed by atoms with E-state index in [1.807, 2.05) is 24.3 Å². The third-order valence-corrected chi connectivity index (χ3v) is 4.91. The van der Waals surface area contributed by atoms with E-state index in [0.717, 1.165) is 35.7 Å². The van der Waals surface area contributed by atoms with E-state index in [2.05, 4.69) is 15.9 Å². The van der Waals surface area contributed by atoms with E-state index in [9.17, 15) is 4.79 Å². The molecule has 0 unspecified atom stereocenters. The van der Waals surface area contributed by atoms with Crippen LogP contribution in [0, 0.1) is 0 Å². The van der Waals surface area contributed by atoms with Gasteiger partial charge in [-0.25, -0.2) is 10.6 Å². The lowest BCUT2D eigenvalue weighted by Gasteiger charge is -2.25. The molecule has 0 heterocycles. The Labute approximate surface area is 151 Å². The number of benzene rings is 1. The molecule has 1 aliphatic carbocycles. The molecule has 1 saturated carbocycles. The highest BCUT2D eigenvalue weighted by Gasteiger charge is 2.25. The van der Waals surface area contributed by atoms with Crippen molar-refractivity contribution in [3.05, 3.63) is 40.0 Å². The van der Waals surface area contributed by atoms with Gasteiger partial charge < -0.3 is 20.4 Å². The van der Waals surface area contributed by atoms with Gasteiger partial charge in [0.05, 0.1) is 11.4 Å². The molecule has 2 rings (SSSR count). The number of ether oxygens (including phenoxy) is 1. The molecule has 1 fully saturated rings. The number of carbonyl (C=O) groups is 1. The second-order valence-corrected chi connectivity index (χ2v) is 7.00. The van der Waals surface area contributed by atoms with Crippen molar-refractivity contribution in [2.75, 3.05) is 20.7 Å². The number of carbonyl (C=O) groups excluding carboxylic acids is 1. The van der Waals surface area contributed by atoms with Gasteiger partial charge in [0, 0.05) is 24.6 Å². The van der Waals surface area contributed by atoms with Crippen molar-refractivity contribution in [1.29, 1.82) is 0 Å². The molecule has 1 amide bonds. The normalized spacial score (nSPS) is 15.8. The fraction of sp³-hybridized carbons (Fsp3) is 0.471. The monoisotopic (exact) mass is 396 g/mol. The first-order valence-electron chi connectivity index (χ1n) is 8.02. The molecule has 0 atom stereocenters. The molecule has 24 heavy (non-hydrogen) atoms. The topological polar surface area (TPSA) is 84.8 Å². The minimum atomic E-state index is -0.343. The Balaban J connectivity index is 2.06. The lowest BCUT2D eigenvalue weighted by Crippen LogP contribution is -2.37. The van der Waals surface area contributed by atoms with Crippen molar-refractivity contribution in [3.63, 3.8) is 0 Å². The zero-order chi connectivity index (χ0) is 17.7. The summed E-state index contributed by atoms with van der Waals surface area (Å²) in [5.41, 5.74) is 8.09. The van der Waals surface area contributed by atoms with E-state index in [1.165, 1.54) is 5.01 Å². The van der Waals surface area contributed by atoms with Crippen LogP contribution in [0.15, 0.2) is 34.4 Å². The van der Waals surface area contributed by atoms with Gasteiger partial charge in [-0.1, -0.05) is 40.9 Å². The van der Waals surface area contributed by atoms with Crippen LogP contribution >= 0.6 is 15.9 Å². The SMILES string of the molecule is CN(N)/C(COC(=O)N(C)C1CCCC1)=C(\N)c1ccc(Br)cc1. The summed E-state index contributed by atoms with van der Waals surface area (Å²) in [5.74, 6) is 5.87. The summed E-state index contributed by atoms with van der Waals surface area (Å²) in [6, 6.07) is 7.83. The third-order valence-electron chi connectivity index (χ3n) is 4.38. The van der Waals surface area contributed by atoms with E-state index in [4.69, 9.17) is 16.3 Å². The third kappa shape index (κ3) is 4.64. The van der Waals surface area contributed by atoms with Gasteiger partial charge in [0.25, 0.3) is 0 Å². The fourth-order valence-electron chi connectivity index (χ4n) is 2.84. The Bertz CT molecular complexity index is 595. The second kappa shape index (κ2) is 8.39. The largest absolute Gasteiger partial charge is 0.443 e. The van der Waals surface area contributed by atoms with Crippen LogP contribution in [0.2, 0.25) is 0 Å². The summed E-state index contributed by atoms with van der Waals surface area (Å²) in [6.45, 7) is 0.0325. The van der Waals surface area contributed by atoms with Crippen LogP contribution in [0.3, 0.4) is 0 Å². The lowest BCUT2D eigenvalue weighted by molar-refractivity contribution is 0.0999. The predicted octanol–water partition coefficient (Wildman–Crippen LogP) is 2.89. The quantitative estimate of drug-likeness (QED) is 0.590. The van der Waals surface area contributed by atoms with Crippen LogP contribution < -0.4 is 11.6 Å². The van der Waals surface area contributed by atoms with Gasteiger partial charge >= 0.3 is 6.09 Å². The first kappa shape index (κ1) is 18.6. The van der Waals surface area contributed by atoms with Crippen molar-refractivity contribution in [1.82, 2.24) is 9.91 Å². The molecule has 1 aromatic rings. The zero-order valence-corrected chi connectivity index (χ0v) is 15.8. The minimum Gasteiger partial charge on any atom is -0.443 e. The Hall–Kier alpha value is -1.73. The molecule has 1 aromatic carbocycles. The van der Waals surface area contributed by atoms with E-state index < -0.39 is 0 Å². The maximum Gasteiger partial charge on any atom is 0.410 e. The maximum absolute atomic E-state index is 12.2. The summed E-state index contributed by atoms with van der Waals surface area (Å²) in [6.07, 6.45) is 4.05. The minimum absolute atomic E-state index is 0.0325. The van der Waals surface area contributed by atoms with Crippen molar-refractivity contribution in [3.8, 4) is 0 Å². The molecule has 132 valence electrons. The molecule has 1 aliphatic rings. The lowest BCUT2D eigenvalue weighted by atomic mass is 10.1. The molecular formula is C17H25BrN4O2. The number of nitrogens with two attached hydrogens (primary N) is 2. The number of rotatable bonds is 5. The second-order valence-electron chi connectivity index (χ2n) is 6.08. The smallest absolute Gasteiger partial charge is 0.410 e. The zero-order valence-electron chi connectivity index (χ0n) is 14.2. The van der Waals surface area contributed by atoms with Gasteiger partial charge in [-0.05, 0) is 30.5 Å². The average molecular weight is 397 g/mol. The maximum atomic E-state index is 12.2. The number of hydrazine groups is 1. The summed E-state index contributed by atoms with van der Waals surface area (Å²) in [5, 5.41) is 1.39. The Morgan fingerprint density at radius 2 is 1.83 bits per heavy atom. The number of amides is 1. The van der Waals surface area contributed by atoms with Crippen molar-refractivity contribution >= 4 is 27.7 Å². The Morgan fingerprint density at radius 1 is 1.25 bits per heavy atom. The molecule has 7 heteroatoms. The van der Waals surface area contributed by atoms with Gasteiger partial charge in [0.2, 0.25) is 0 Å². The highest BCUT2D eigenvalue weighted by molar-refractivity contribution is 9.10. The molecule has 0 radical (unpaired) electrons. The first-order chi connectivity index (χ1) is 11.4. The molecule has 0 bridgehead atoms. The summed E-state index contributed by atoms with van der Waals surface area (Å²) in [4.78, 5) is 13.9. The van der Waals surface area contributed by atoms with Crippen molar-refractivity contribution in [2.24, 2.45) is 11.6 Å². The van der Waals surface area contributed by atoms with E-state index in [-0.39, 0.29) is 18.7 Å². The standard InChI is InChI=1S/C17H25BrN4O2/c1-21(14-5-3-4-6-14)17(23)24-11-15(22(2)20)16(19)12-7-9-13(18)10-8-12/h7-10,14H,3-6,11,19-20H2,1-2H3/b16-15-. The molecule has 0 spiro atoms. The first-order valence-corrected chi connectivity index (χ1v) is 8.82. The molecule has 0 aliphatic heterocycles. The highest BCUT2D eigenvalue weighted by Crippen LogP contribution is 2.23. The van der Waals surface area contributed by atoms with Crippen LogP contribution in [-0.2, 0) is 4.74 Å². The van der Waals surface area contributed by atoms with E-state index in [1.54, 1.807) is 19.0 Å². The highest BCUT2D eigenvalue weighted by atomic mass is 79.9. The van der Waals surface area contributed by atoms with Crippen LogP contribution in [-0.4, -0.2) is 42.7 Å². The summed E-state index contributed by atoms with van der Waals surface area (Å²) < 4.78 is 6.39. The predicted molar refractivity (Wildman–Crippen MR) is 98.6 cm³/mol. The molecule has 6 nitrogen and oxygen atoms in total. The van der Waals surface area contributed by atoms with E-state index >= 15 is 0 Å². The average Bonchev–Trinajstić information content (AvgIpc) is 3.08. The molecule has 4 N–H and O–H groups in total. The molecule has 0 saturated heterocycles. The van der Waals surface area contributed by atoms with Crippen LogP contribution in [0.5, 0.6) is 0 Å². The molecular weight excluding hydrogens is 372 g/mol. The number of likely N-dealkylation sites (N-methyl/N-ethyl adjacent to an activating group) is 1. The van der Waals surface area contributed by atoms with Crippen LogP contribution in [0.4, 0.5) is 4.79 Å². The van der Waals surface area contributed by atoms with Crippen LogP contribution in [0.25, 0.3) is 5.70 Å². The molecule has 0 aromatic heterocycles. The van der Waals surface area contributed by atoms with Gasteiger partial charge in [0.1, 0.15) is 6.61 Å². The van der Waals surface area contributed by atoms with Crippen molar-refractivity contribution in [2.45, 2.75) is 31.7 Å². The Morgan fingerprint density at radius 3 is 2.38 bits per heavy atom. The number of hydrogen-bond acceptors (Lipinski definition) is 5. The van der Waals surface area contributed by atoms with Gasteiger partial charge in [-0.2, -0.15) is 0 Å². The summed E-state index contributed by atoms with van der Waals surface area (Å²) >= 11 is 3.39. The van der Waals surface area contributed by atoms with Crippen molar-refractivity contribution < 1.29 is 9.53 Å². The Kier molecular flexibility index (Phi) is 6.51. The fourth-order valence-corrected chi connectivity index (χ4v) is 3.10. The van der Waals surface area contributed by atoms with Gasteiger partial charge in [0.15, 0.2) is 0 Å². The number of halogens is 1. The number of nitrogens with zero attached hydrogens (tertiary/aromatic N) is 2. The number of hydrogen-bond donors (Lipinski definition) is 2. The van der Waals surface area contributed by atoms with Gasteiger partial charge in [-0.3, -0.25) is 0 Å².